The van der Waals surface area contributed by atoms with Gasteiger partial charge in [-0.3, -0.25) is 0 Å². The Bertz CT molecular complexity index is 1040. The summed E-state index contributed by atoms with van der Waals surface area (Å²) in [5, 5.41) is 5.20. The zero-order valence-corrected chi connectivity index (χ0v) is 18.8. The van der Waals surface area contributed by atoms with Crippen molar-refractivity contribution in [3.8, 4) is 0 Å². The summed E-state index contributed by atoms with van der Waals surface area (Å²) in [7, 11) is -1.49. The molecule has 0 aliphatic heterocycles. The van der Waals surface area contributed by atoms with Crippen LogP contribution in [0.25, 0.3) is 0 Å². The van der Waals surface area contributed by atoms with Crippen LogP contribution < -0.4 is 32.2 Å². The molecule has 0 N–H and O–H groups in total. The Balaban J connectivity index is 1.61. The van der Waals surface area contributed by atoms with Crippen molar-refractivity contribution in [1.29, 1.82) is 0 Å². The quantitative estimate of drug-likeness (QED) is 0.349. The van der Waals surface area contributed by atoms with Gasteiger partial charge in [-0.05, 0) is 33.4 Å². The second-order valence-electron chi connectivity index (χ2n) is 7.12. The van der Waals surface area contributed by atoms with Crippen molar-refractivity contribution in [1.82, 2.24) is 0 Å². The molecule has 5 aromatic rings. The average molecular weight is 436 g/mol. The lowest BCUT2D eigenvalue weighted by atomic mass is 10.4. The van der Waals surface area contributed by atoms with Crippen LogP contribution in [-0.4, -0.2) is 0 Å². The van der Waals surface area contributed by atoms with Gasteiger partial charge in [-0.15, -0.1) is 0 Å². The summed E-state index contributed by atoms with van der Waals surface area (Å²) in [6, 6.07) is 47.2. The molecule has 0 amide bonds. The normalized spacial score (nSPS) is 11.2. The molecule has 0 radical (unpaired) electrons. The van der Waals surface area contributed by atoms with Gasteiger partial charge in [-0.2, -0.15) is 0 Å². The van der Waals surface area contributed by atoms with E-state index in [2.05, 4.69) is 133 Å². The van der Waals surface area contributed by atoms with E-state index in [1.54, 1.807) is 0 Å². The van der Waals surface area contributed by atoms with E-state index in [0.29, 0.717) is 0 Å². The molecule has 4 aromatic carbocycles. The summed E-state index contributed by atoms with van der Waals surface area (Å²) in [6.45, 7) is 0. The van der Waals surface area contributed by atoms with E-state index >= 15 is 0 Å². The van der Waals surface area contributed by atoms with Gasteiger partial charge in [0, 0.05) is 15.8 Å². The molecule has 5 rings (SSSR count). The van der Waals surface area contributed by atoms with Crippen LogP contribution in [0.15, 0.2) is 138 Å². The van der Waals surface area contributed by atoms with Crippen molar-refractivity contribution in [2.24, 2.45) is 0 Å². The van der Waals surface area contributed by atoms with E-state index in [1.807, 2.05) is 0 Å². The molecule has 0 atom stereocenters. The summed E-state index contributed by atoms with van der Waals surface area (Å²) in [6.07, 6.45) is 0. The van der Waals surface area contributed by atoms with Crippen molar-refractivity contribution >= 4 is 48.1 Å². The molecule has 1 aromatic heterocycles. The van der Waals surface area contributed by atoms with E-state index in [4.69, 9.17) is 4.42 Å². The summed E-state index contributed by atoms with van der Waals surface area (Å²) >= 11 is 0. The second kappa shape index (κ2) is 9.44. The minimum absolute atomic E-state index is 0.744. The van der Waals surface area contributed by atoms with Crippen LogP contribution in [0, 0.1) is 0 Å². The van der Waals surface area contributed by atoms with Gasteiger partial charge in [0.15, 0.2) is 0 Å². The molecular weight excluding hydrogens is 414 g/mol. The van der Waals surface area contributed by atoms with Crippen molar-refractivity contribution in [3.63, 3.8) is 0 Å². The first-order valence-corrected chi connectivity index (χ1v) is 13.0. The Labute approximate surface area is 185 Å². The van der Waals surface area contributed by atoms with Crippen molar-refractivity contribution in [2.45, 2.75) is 0 Å². The standard InChI is InChI=1S/C28H22OP2/c1-5-13-23(14-6-1)30(24-15-7-2-8-16-24)27-21-22-28(29-27)31(25-17-9-3-10-18-25)26-19-11-4-12-20-26/h1-22H. The van der Waals surface area contributed by atoms with Crippen LogP contribution in [0.1, 0.15) is 0 Å². The number of hydrogen-bond donors (Lipinski definition) is 0. The third-order valence-corrected chi connectivity index (χ3v) is 9.70. The first-order chi connectivity index (χ1) is 15.4. The molecule has 0 spiro atoms. The van der Waals surface area contributed by atoms with Gasteiger partial charge in [-0.25, -0.2) is 0 Å². The van der Waals surface area contributed by atoms with Crippen molar-refractivity contribution in [3.05, 3.63) is 133 Å². The predicted octanol–water partition coefficient (Wildman–Crippen LogP) is 4.80. The molecule has 0 fully saturated rings. The lowest BCUT2D eigenvalue weighted by Crippen LogP contribution is -2.22. The van der Waals surface area contributed by atoms with Gasteiger partial charge in [0.1, 0.15) is 11.0 Å². The highest BCUT2D eigenvalue weighted by Crippen LogP contribution is 2.37. The van der Waals surface area contributed by atoms with Crippen molar-refractivity contribution < 1.29 is 4.42 Å². The molecular formula is C28H22OP2. The van der Waals surface area contributed by atoms with Gasteiger partial charge < -0.3 is 4.42 Å². The zero-order chi connectivity index (χ0) is 20.9. The summed E-state index contributed by atoms with van der Waals surface area (Å²) in [4.78, 5) is 0. The van der Waals surface area contributed by atoms with E-state index in [1.165, 1.54) is 21.2 Å². The Kier molecular flexibility index (Phi) is 6.08. The van der Waals surface area contributed by atoms with E-state index in [-0.39, 0.29) is 0 Å². The predicted molar refractivity (Wildman–Crippen MR) is 136 cm³/mol. The molecule has 1 heterocycles. The molecule has 150 valence electrons. The van der Waals surface area contributed by atoms with Crippen LogP contribution in [-0.2, 0) is 0 Å². The largest absolute Gasteiger partial charge is 0.456 e. The van der Waals surface area contributed by atoms with Gasteiger partial charge in [-0.1, -0.05) is 121 Å². The SMILES string of the molecule is c1ccc(P(c2ccccc2)c2ccc(P(c3ccccc3)c3ccccc3)o2)cc1. The van der Waals surface area contributed by atoms with Gasteiger partial charge in [0.25, 0.3) is 0 Å². The summed E-state index contributed by atoms with van der Waals surface area (Å²) < 4.78 is 6.68. The maximum atomic E-state index is 6.68. The highest BCUT2D eigenvalue weighted by Gasteiger charge is 2.24. The van der Waals surface area contributed by atoms with E-state index in [0.717, 1.165) is 11.0 Å². The van der Waals surface area contributed by atoms with Crippen LogP contribution in [0.3, 0.4) is 0 Å². The van der Waals surface area contributed by atoms with Crippen LogP contribution in [0.5, 0.6) is 0 Å². The van der Waals surface area contributed by atoms with Crippen LogP contribution >= 0.6 is 15.8 Å². The van der Waals surface area contributed by atoms with Crippen LogP contribution in [0.4, 0.5) is 0 Å². The van der Waals surface area contributed by atoms with E-state index in [9.17, 15) is 0 Å². The van der Waals surface area contributed by atoms with Gasteiger partial charge in [0.05, 0.1) is 0 Å². The van der Waals surface area contributed by atoms with Gasteiger partial charge >= 0.3 is 0 Å². The first kappa shape index (κ1) is 20.0. The smallest absolute Gasteiger partial charge is 0.135 e. The fourth-order valence-electron chi connectivity index (χ4n) is 3.67. The molecule has 0 unspecified atom stereocenters. The topological polar surface area (TPSA) is 13.1 Å². The maximum absolute atomic E-state index is 6.68. The molecule has 0 saturated heterocycles. The Morgan fingerprint density at radius 2 is 0.581 bits per heavy atom. The fraction of sp³-hybridized carbons (Fsp3) is 0. The third-order valence-electron chi connectivity index (χ3n) is 5.08. The minimum Gasteiger partial charge on any atom is -0.456 e. The molecule has 0 aliphatic carbocycles. The molecule has 3 heteroatoms. The van der Waals surface area contributed by atoms with Gasteiger partial charge in [0.2, 0.25) is 0 Å². The summed E-state index contributed by atoms with van der Waals surface area (Å²) in [5.74, 6) is 0. The van der Waals surface area contributed by atoms with E-state index < -0.39 is 15.8 Å². The number of furan rings is 1. The second-order valence-corrected chi connectivity index (χ2v) is 11.4. The lowest BCUT2D eigenvalue weighted by molar-refractivity contribution is 0.641. The van der Waals surface area contributed by atoms with Crippen LogP contribution in [0.2, 0.25) is 0 Å². The molecule has 0 aliphatic rings. The number of hydrogen-bond acceptors (Lipinski definition) is 1. The molecule has 0 saturated carbocycles. The maximum Gasteiger partial charge on any atom is 0.135 e. The number of benzene rings is 4. The number of rotatable bonds is 6. The third kappa shape index (κ3) is 4.40. The minimum atomic E-state index is -0.744. The molecule has 1 nitrogen and oxygen atoms in total. The monoisotopic (exact) mass is 436 g/mol. The first-order valence-electron chi connectivity index (χ1n) is 10.3. The molecule has 0 bridgehead atoms. The Morgan fingerprint density at radius 3 is 0.839 bits per heavy atom. The highest BCUT2D eigenvalue weighted by molar-refractivity contribution is 7.80. The zero-order valence-electron chi connectivity index (χ0n) is 17.0. The fourth-order valence-corrected chi connectivity index (χ4v) is 8.07. The average Bonchev–Trinajstić information content (AvgIpc) is 3.31. The highest BCUT2D eigenvalue weighted by atomic mass is 31.1. The Morgan fingerprint density at radius 1 is 0.323 bits per heavy atom. The van der Waals surface area contributed by atoms with Crippen molar-refractivity contribution in [2.75, 3.05) is 0 Å². The lowest BCUT2D eigenvalue weighted by Gasteiger charge is -2.18. The molecule has 31 heavy (non-hydrogen) atoms. The Hall–Kier alpha value is -2.98. The summed E-state index contributed by atoms with van der Waals surface area (Å²) in [5.41, 5.74) is 2.09.